The summed E-state index contributed by atoms with van der Waals surface area (Å²) in [5.41, 5.74) is 1.88. The maximum absolute atomic E-state index is 6.09. The molecule has 0 radical (unpaired) electrons. The molecule has 0 aliphatic heterocycles. The number of rotatable bonds is 3. The number of aromatic nitrogens is 1. The van der Waals surface area contributed by atoms with Crippen molar-refractivity contribution in [3.05, 3.63) is 47.5 Å². The van der Waals surface area contributed by atoms with Crippen molar-refractivity contribution >= 4 is 44.0 Å². The highest BCUT2D eigenvalue weighted by molar-refractivity contribution is 7.22. The van der Waals surface area contributed by atoms with E-state index in [9.17, 15) is 0 Å². The van der Waals surface area contributed by atoms with Gasteiger partial charge in [-0.15, -0.1) is 0 Å². The van der Waals surface area contributed by atoms with E-state index in [-0.39, 0.29) is 0 Å². The lowest BCUT2D eigenvalue weighted by atomic mass is 10.3. The van der Waals surface area contributed by atoms with Crippen molar-refractivity contribution in [3.63, 3.8) is 0 Å². The Balaban J connectivity index is 1.98. The summed E-state index contributed by atoms with van der Waals surface area (Å²) in [5.74, 6) is 0.670. The van der Waals surface area contributed by atoms with E-state index in [0.29, 0.717) is 10.8 Å². The van der Waals surface area contributed by atoms with Gasteiger partial charge >= 0.3 is 0 Å². The van der Waals surface area contributed by atoms with E-state index in [2.05, 4.69) is 10.3 Å². The standard InChI is InChI=1S/C14H11ClN2OS/c1-18-12-8-13-11(7-10(12)15)17-14(19-13)16-9-5-3-2-4-6-9/h2-8H,1H3,(H,16,17). The molecule has 0 fully saturated rings. The van der Waals surface area contributed by atoms with E-state index in [1.165, 1.54) is 0 Å². The molecule has 0 amide bonds. The van der Waals surface area contributed by atoms with Crippen LogP contribution in [0.4, 0.5) is 10.8 Å². The summed E-state index contributed by atoms with van der Waals surface area (Å²) in [7, 11) is 1.61. The highest BCUT2D eigenvalue weighted by Crippen LogP contribution is 2.35. The molecular weight excluding hydrogens is 280 g/mol. The molecule has 0 aliphatic rings. The van der Waals surface area contributed by atoms with Crippen LogP contribution in [0.15, 0.2) is 42.5 Å². The number of ether oxygens (including phenoxy) is 1. The number of benzene rings is 2. The average molecular weight is 291 g/mol. The Morgan fingerprint density at radius 3 is 2.74 bits per heavy atom. The van der Waals surface area contributed by atoms with Gasteiger partial charge in [-0.25, -0.2) is 4.98 Å². The van der Waals surface area contributed by atoms with E-state index >= 15 is 0 Å². The summed E-state index contributed by atoms with van der Waals surface area (Å²) >= 11 is 7.66. The first-order valence-corrected chi connectivity index (χ1v) is 6.92. The lowest BCUT2D eigenvalue weighted by Crippen LogP contribution is -1.87. The first-order chi connectivity index (χ1) is 9.26. The summed E-state index contributed by atoms with van der Waals surface area (Å²) in [6, 6.07) is 13.7. The topological polar surface area (TPSA) is 34.1 Å². The van der Waals surface area contributed by atoms with E-state index < -0.39 is 0 Å². The molecule has 19 heavy (non-hydrogen) atoms. The fraction of sp³-hybridized carbons (Fsp3) is 0.0714. The number of fused-ring (bicyclic) bond motifs is 1. The molecule has 0 atom stereocenters. The maximum Gasteiger partial charge on any atom is 0.188 e. The van der Waals surface area contributed by atoms with Gasteiger partial charge in [0.1, 0.15) is 5.75 Å². The van der Waals surface area contributed by atoms with E-state index in [4.69, 9.17) is 16.3 Å². The van der Waals surface area contributed by atoms with Crippen LogP contribution in [-0.2, 0) is 0 Å². The molecule has 96 valence electrons. The zero-order valence-electron chi connectivity index (χ0n) is 10.2. The van der Waals surface area contributed by atoms with Crippen molar-refractivity contribution in [3.8, 4) is 5.75 Å². The van der Waals surface area contributed by atoms with Gasteiger partial charge in [-0.3, -0.25) is 0 Å². The molecule has 0 saturated carbocycles. The van der Waals surface area contributed by atoms with Crippen LogP contribution in [0.1, 0.15) is 0 Å². The third-order valence-electron chi connectivity index (χ3n) is 2.69. The first-order valence-electron chi connectivity index (χ1n) is 5.72. The molecule has 1 heterocycles. The van der Waals surface area contributed by atoms with Crippen LogP contribution in [-0.4, -0.2) is 12.1 Å². The fourth-order valence-corrected chi connectivity index (χ4v) is 2.92. The van der Waals surface area contributed by atoms with Gasteiger partial charge in [-0.1, -0.05) is 41.1 Å². The summed E-state index contributed by atoms with van der Waals surface area (Å²) < 4.78 is 6.25. The molecule has 1 N–H and O–H groups in total. The Hall–Kier alpha value is -1.78. The minimum Gasteiger partial charge on any atom is -0.495 e. The van der Waals surface area contributed by atoms with Crippen LogP contribution in [0, 0.1) is 0 Å². The second-order valence-electron chi connectivity index (χ2n) is 3.96. The minimum absolute atomic E-state index is 0.576. The van der Waals surface area contributed by atoms with E-state index in [1.54, 1.807) is 18.4 Å². The van der Waals surface area contributed by atoms with Crippen molar-refractivity contribution in [1.82, 2.24) is 4.98 Å². The van der Waals surface area contributed by atoms with Crippen LogP contribution in [0.3, 0.4) is 0 Å². The molecular formula is C14H11ClN2OS. The van der Waals surface area contributed by atoms with Crippen LogP contribution < -0.4 is 10.1 Å². The van der Waals surface area contributed by atoms with Crippen LogP contribution in [0.25, 0.3) is 10.2 Å². The number of halogens is 1. The normalized spacial score (nSPS) is 10.6. The Bertz CT molecular complexity index is 712. The largest absolute Gasteiger partial charge is 0.495 e. The highest BCUT2D eigenvalue weighted by Gasteiger charge is 2.08. The number of methoxy groups -OCH3 is 1. The fourth-order valence-electron chi connectivity index (χ4n) is 1.78. The van der Waals surface area contributed by atoms with E-state index in [0.717, 1.165) is 21.0 Å². The lowest BCUT2D eigenvalue weighted by molar-refractivity contribution is 0.415. The third-order valence-corrected chi connectivity index (χ3v) is 3.92. The SMILES string of the molecule is COc1cc2sc(Nc3ccccc3)nc2cc1Cl. The summed E-state index contributed by atoms with van der Waals surface area (Å²) in [6.07, 6.45) is 0. The molecule has 3 aromatic rings. The van der Waals surface area contributed by atoms with Gasteiger partial charge in [0.2, 0.25) is 0 Å². The molecule has 2 aromatic carbocycles. The Labute approximate surface area is 119 Å². The first kappa shape index (κ1) is 12.3. The number of thiazole rings is 1. The van der Waals surface area contributed by atoms with Gasteiger partial charge in [0.25, 0.3) is 0 Å². The molecule has 3 nitrogen and oxygen atoms in total. The molecule has 1 aromatic heterocycles. The summed E-state index contributed by atoms with van der Waals surface area (Å²) in [5, 5.41) is 4.69. The molecule has 5 heteroatoms. The van der Waals surface area contributed by atoms with Crippen molar-refractivity contribution in [2.45, 2.75) is 0 Å². The number of nitrogens with zero attached hydrogens (tertiary/aromatic N) is 1. The van der Waals surface area contributed by atoms with E-state index in [1.807, 2.05) is 42.5 Å². The van der Waals surface area contributed by atoms with Crippen molar-refractivity contribution in [2.24, 2.45) is 0 Å². The number of anilines is 2. The Morgan fingerprint density at radius 2 is 2.00 bits per heavy atom. The number of hydrogen-bond donors (Lipinski definition) is 1. The lowest BCUT2D eigenvalue weighted by Gasteiger charge is -2.00. The Morgan fingerprint density at radius 1 is 1.21 bits per heavy atom. The van der Waals surface area contributed by atoms with Gasteiger partial charge in [0.05, 0.1) is 22.3 Å². The molecule has 0 saturated heterocycles. The smallest absolute Gasteiger partial charge is 0.188 e. The third kappa shape index (κ3) is 2.50. The van der Waals surface area contributed by atoms with Crippen molar-refractivity contribution in [2.75, 3.05) is 12.4 Å². The predicted molar refractivity (Wildman–Crippen MR) is 80.9 cm³/mol. The minimum atomic E-state index is 0.576. The van der Waals surface area contributed by atoms with Crippen molar-refractivity contribution in [1.29, 1.82) is 0 Å². The molecule has 0 aliphatic carbocycles. The molecule has 0 spiro atoms. The number of nitrogens with one attached hydrogen (secondary N) is 1. The Kier molecular flexibility index (Phi) is 3.27. The summed E-state index contributed by atoms with van der Waals surface area (Å²) in [6.45, 7) is 0. The average Bonchev–Trinajstić information content (AvgIpc) is 2.80. The van der Waals surface area contributed by atoms with Crippen LogP contribution in [0.2, 0.25) is 5.02 Å². The van der Waals surface area contributed by atoms with Crippen molar-refractivity contribution < 1.29 is 4.74 Å². The van der Waals surface area contributed by atoms with Gasteiger partial charge in [0.15, 0.2) is 5.13 Å². The van der Waals surface area contributed by atoms with Gasteiger partial charge in [0, 0.05) is 11.8 Å². The molecule has 0 bridgehead atoms. The monoisotopic (exact) mass is 290 g/mol. The second-order valence-corrected chi connectivity index (χ2v) is 5.40. The highest BCUT2D eigenvalue weighted by atomic mass is 35.5. The zero-order chi connectivity index (χ0) is 13.2. The quantitative estimate of drug-likeness (QED) is 0.759. The molecule has 0 unspecified atom stereocenters. The second kappa shape index (κ2) is 5.07. The van der Waals surface area contributed by atoms with Gasteiger partial charge < -0.3 is 10.1 Å². The summed E-state index contributed by atoms with van der Waals surface area (Å²) in [4.78, 5) is 4.51. The maximum atomic E-state index is 6.09. The predicted octanol–water partition coefficient (Wildman–Crippen LogP) is 4.70. The number of hydrogen-bond acceptors (Lipinski definition) is 4. The van der Waals surface area contributed by atoms with Gasteiger partial charge in [-0.05, 0) is 18.2 Å². The molecule has 3 rings (SSSR count). The van der Waals surface area contributed by atoms with Crippen LogP contribution in [0.5, 0.6) is 5.75 Å². The van der Waals surface area contributed by atoms with Crippen LogP contribution >= 0.6 is 22.9 Å². The van der Waals surface area contributed by atoms with Gasteiger partial charge in [-0.2, -0.15) is 0 Å². The number of para-hydroxylation sites is 1. The zero-order valence-corrected chi connectivity index (χ0v) is 11.8.